The van der Waals surface area contributed by atoms with Crippen molar-refractivity contribution in [1.29, 1.82) is 0 Å². The molecule has 1 heteroatoms. The fourth-order valence-electron chi connectivity index (χ4n) is 3.34. The highest BCUT2D eigenvalue weighted by Crippen LogP contribution is 2.30. The minimum atomic E-state index is -1.44. The van der Waals surface area contributed by atoms with E-state index >= 15 is 0 Å². The van der Waals surface area contributed by atoms with Crippen LogP contribution in [0, 0.1) is 0 Å². The van der Waals surface area contributed by atoms with Crippen LogP contribution in [0.15, 0.2) is 48.5 Å². The van der Waals surface area contributed by atoms with Crippen molar-refractivity contribution < 1.29 is 0 Å². The molecule has 17 heavy (non-hydrogen) atoms. The molecule has 0 saturated heterocycles. The summed E-state index contributed by atoms with van der Waals surface area (Å²) in [5, 5.41) is 9.08. The van der Waals surface area contributed by atoms with Crippen molar-refractivity contribution in [3.05, 3.63) is 48.5 Å². The Morgan fingerprint density at radius 1 is 0.647 bits per heavy atom. The van der Waals surface area contributed by atoms with E-state index in [4.69, 9.17) is 0 Å². The summed E-state index contributed by atoms with van der Waals surface area (Å²) in [5.41, 5.74) is 0. The van der Waals surface area contributed by atoms with Crippen molar-refractivity contribution in [3.63, 3.8) is 0 Å². The van der Waals surface area contributed by atoms with Gasteiger partial charge >= 0.3 is 0 Å². The Morgan fingerprint density at radius 3 is 1.59 bits per heavy atom. The number of hydrogen-bond donors (Lipinski definition) is 0. The van der Waals surface area contributed by atoms with Gasteiger partial charge in [0.15, 0.2) is 0 Å². The molecule has 0 radical (unpaired) electrons. The summed E-state index contributed by atoms with van der Waals surface area (Å²) in [6.07, 6.45) is 0. The van der Waals surface area contributed by atoms with Crippen molar-refractivity contribution in [2.75, 3.05) is 0 Å². The van der Waals surface area contributed by atoms with E-state index in [-0.39, 0.29) is 0 Å². The number of hydrogen-bond acceptors (Lipinski definition) is 0. The maximum absolute atomic E-state index is 2.47. The van der Waals surface area contributed by atoms with Gasteiger partial charge in [-0.3, -0.25) is 0 Å². The molecule has 0 bridgehead atoms. The molecule has 0 spiro atoms. The summed E-state index contributed by atoms with van der Waals surface area (Å²) in [5.74, 6) is 0. The van der Waals surface area contributed by atoms with Crippen molar-refractivity contribution in [2.24, 2.45) is 0 Å². The van der Waals surface area contributed by atoms with Crippen molar-refractivity contribution >= 4 is 40.0 Å². The zero-order chi connectivity index (χ0) is 11.6. The molecule has 1 heterocycles. The van der Waals surface area contributed by atoms with Crippen LogP contribution in [0.2, 0.25) is 13.1 Å². The molecule has 0 N–H and O–H groups in total. The van der Waals surface area contributed by atoms with E-state index in [0.717, 1.165) is 0 Å². The summed E-state index contributed by atoms with van der Waals surface area (Å²) in [6, 6.07) is 18.1. The quantitative estimate of drug-likeness (QED) is 0.414. The standard InChI is InChI=1S/C16H14Si/c1-17(2)13-7-3-5-11-9-10-12-6-4-8-14(17)16(12)15(11)13/h3-10H,1-2H3. The van der Waals surface area contributed by atoms with Crippen LogP contribution < -0.4 is 10.4 Å². The van der Waals surface area contributed by atoms with Gasteiger partial charge < -0.3 is 0 Å². The summed E-state index contributed by atoms with van der Waals surface area (Å²) < 4.78 is 0. The van der Waals surface area contributed by atoms with E-state index in [9.17, 15) is 0 Å². The maximum atomic E-state index is 2.47. The molecule has 0 aromatic heterocycles. The van der Waals surface area contributed by atoms with Gasteiger partial charge in [0.1, 0.15) is 8.07 Å². The first-order valence-corrected chi connectivity index (χ1v) is 9.15. The number of rotatable bonds is 0. The average Bonchev–Trinajstić information content (AvgIpc) is 2.59. The molecule has 4 rings (SSSR count). The molecule has 0 saturated carbocycles. The molecule has 1 aliphatic heterocycles. The van der Waals surface area contributed by atoms with Crippen LogP contribution in [-0.4, -0.2) is 8.07 Å². The molecule has 0 fully saturated rings. The lowest BCUT2D eigenvalue weighted by Crippen LogP contribution is -2.49. The van der Waals surface area contributed by atoms with Gasteiger partial charge in [0, 0.05) is 0 Å². The van der Waals surface area contributed by atoms with Gasteiger partial charge in [-0.2, -0.15) is 0 Å². The van der Waals surface area contributed by atoms with Gasteiger partial charge in [-0.05, 0) is 31.9 Å². The molecule has 3 aromatic rings. The topological polar surface area (TPSA) is 0 Å². The molecular weight excluding hydrogens is 220 g/mol. The van der Waals surface area contributed by atoms with Crippen LogP contribution in [0.3, 0.4) is 0 Å². The molecule has 0 amide bonds. The fourth-order valence-corrected chi connectivity index (χ4v) is 6.45. The van der Waals surface area contributed by atoms with Crippen molar-refractivity contribution in [3.8, 4) is 0 Å². The van der Waals surface area contributed by atoms with E-state index < -0.39 is 8.07 Å². The predicted molar refractivity (Wildman–Crippen MR) is 78.2 cm³/mol. The van der Waals surface area contributed by atoms with Gasteiger partial charge in [0.2, 0.25) is 0 Å². The first kappa shape index (κ1) is 9.43. The predicted octanol–water partition coefficient (Wildman–Crippen LogP) is 3.13. The highest BCUT2D eigenvalue weighted by atomic mass is 28.3. The van der Waals surface area contributed by atoms with Crippen LogP contribution >= 0.6 is 0 Å². The van der Waals surface area contributed by atoms with Gasteiger partial charge in [-0.15, -0.1) is 0 Å². The Morgan fingerprint density at radius 2 is 1.12 bits per heavy atom. The normalized spacial score (nSPS) is 16.1. The average molecular weight is 234 g/mol. The Balaban J connectivity index is 2.41. The third-order valence-corrected chi connectivity index (χ3v) is 7.76. The van der Waals surface area contributed by atoms with Gasteiger partial charge in [-0.1, -0.05) is 61.6 Å². The fraction of sp³-hybridized carbons (Fsp3) is 0.125. The first-order chi connectivity index (χ1) is 8.19. The largest absolute Gasteiger partial charge is 0.113 e. The smallest absolute Gasteiger partial charge is 0.0619 e. The number of benzene rings is 3. The van der Waals surface area contributed by atoms with E-state index in [1.807, 2.05) is 0 Å². The zero-order valence-electron chi connectivity index (χ0n) is 10.1. The summed E-state index contributed by atoms with van der Waals surface area (Å²) in [4.78, 5) is 0. The second-order valence-corrected chi connectivity index (χ2v) is 9.83. The lowest BCUT2D eigenvalue weighted by molar-refractivity contribution is 1.80. The monoisotopic (exact) mass is 234 g/mol. The molecule has 3 aromatic carbocycles. The molecule has 0 atom stereocenters. The third kappa shape index (κ3) is 0.985. The van der Waals surface area contributed by atoms with Gasteiger partial charge in [0.05, 0.1) is 0 Å². The minimum absolute atomic E-state index is 1.40. The maximum Gasteiger partial charge on any atom is 0.113 e. The molecule has 1 aliphatic rings. The third-order valence-electron chi connectivity index (χ3n) is 4.23. The van der Waals surface area contributed by atoms with Crippen LogP contribution in [0.25, 0.3) is 21.5 Å². The Labute approximate surface area is 102 Å². The Kier molecular flexibility index (Phi) is 1.55. The second-order valence-electron chi connectivity index (χ2n) is 5.50. The Hall–Kier alpha value is -1.60. The Bertz CT molecular complexity index is 704. The van der Waals surface area contributed by atoms with Gasteiger partial charge in [-0.25, -0.2) is 0 Å². The second kappa shape index (κ2) is 2.80. The molecular formula is C16H14Si. The van der Waals surface area contributed by atoms with Crippen LogP contribution in [-0.2, 0) is 0 Å². The van der Waals surface area contributed by atoms with E-state index in [1.54, 1.807) is 10.4 Å². The summed E-state index contributed by atoms with van der Waals surface area (Å²) >= 11 is 0. The van der Waals surface area contributed by atoms with Crippen molar-refractivity contribution in [1.82, 2.24) is 0 Å². The summed E-state index contributed by atoms with van der Waals surface area (Å²) in [6.45, 7) is 4.94. The summed E-state index contributed by atoms with van der Waals surface area (Å²) in [7, 11) is -1.44. The minimum Gasteiger partial charge on any atom is -0.0619 e. The van der Waals surface area contributed by atoms with E-state index in [2.05, 4.69) is 61.6 Å². The highest BCUT2D eigenvalue weighted by molar-refractivity contribution is 7.05. The van der Waals surface area contributed by atoms with Crippen LogP contribution in [0.1, 0.15) is 0 Å². The van der Waals surface area contributed by atoms with Crippen LogP contribution in [0.4, 0.5) is 0 Å². The highest BCUT2D eigenvalue weighted by Gasteiger charge is 2.35. The molecule has 82 valence electrons. The lowest BCUT2D eigenvalue weighted by Gasteiger charge is -2.18. The lowest BCUT2D eigenvalue weighted by atomic mass is 10.0. The first-order valence-electron chi connectivity index (χ1n) is 6.15. The molecule has 0 nitrogen and oxygen atoms in total. The van der Waals surface area contributed by atoms with E-state index in [0.29, 0.717) is 0 Å². The van der Waals surface area contributed by atoms with Crippen molar-refractivity contribution in [2.45, 2.75) is 13.1 Å². The molecule has 0 unspecified atom stereocenters. The molecule has 0 aliphatic carbocycles. The van der Waals surface area contributed by atoms with E-state index in [1.165, 1.54) is 21.5 Å². The van der Waals surface area contributed by atoms with Gasteiger partial charge in [0.25, 0.3) is 0 Å². The zero-order valence-corrected chi connectivity index (χ0v) is 11.1. The van der Waals surface area contributed by atoms with Crippen LogP contribution in [0.5, 0.6) is 0 Å². The SMILES string of the molecule is C[Si]1(C)c2cccc3ccc4cccc1c4c23.